The number of ether oxygens (including phenoxy) is 1. The van der Waals surface area contributed by atoms with Crippen molar-refractivity contribution in [2.24, 2.45) is 0 Å². The van der Waals surface area contributed by atoms with Crippen molar-refractivity contribution in [3.05, 3.63) is 35.9 Å². The molecule has 90 valence electrons. The second kappa shape index (κ2) is 8.28. The van der Waals surface area contributed by atoms with E-state index in [9.17, 15) is 0 Å². The topological polar surface area (TPSA) is 41.5 Å². The van der Waals surface area contributed by atoms with Crippen LogP contribution in [0.3, 0.4) is 0 Å². The smallest absolute Gasteiger partial charge is 0.0934 e. The first-order valence-electron chi connectivity index (χ1n) is 5.84. The van der Waals surface area contributed by atoms with Gasteiger partial charge in [0.15, 0.2) is 0 Å². The Morgan fingerprint density at radius 2 is 2.06 bits per heavy atom. The minimum atomic E-state index is -0.119. The molecular formula is C13H21NO2. The van der Waals surface area contributed by atoms with Crippen molar-refractivity contribution in [3.8, 4) is 0 Å². The Bertz CT molecular complexity index is 264. The Balaban J connectivity index is 2.23. The van der Waals surface area contributed by atoms with Crippen molar-refractivity contribution < 1.29 is 9.84 Å². The van der Waals surface area contributed by atoms with Gasteiger partial charge in [-0.1, -0.05) is 37.3 Å². The number of aliphatic hydroxyl groups excluding tert-OH is 1. The summed E-state index contributed by atoms with van der Waals surface area (Å²) < 4.78 is 5.61. The molecular weight excluding hydrogens is 202 g/mol. The summed E-state index contributed by atoms with van der Waals surface area (Å²) in [7, 11) is 0. The van der Waals surface area contributed by atoms with Crippen LogP contribution in [0.2, 0.25) is 0 Å². The summed E-state index contributed by atoms with van der Waals surface area (Å²) in [4.78, 5) is 0. The molecule has 1 unspecified atom stereocenters. The van der Waals surface area contributed by atoms with E-state index in [0.717, 1.165) is 18.5 Å². The van der Waals surface area contributed by atoms with E-state index in [-0.39, 0.29) is 12.7 Å². The van der Waals surface area contributed by atoms with Crippen LogP contribution in [0.15, 0.2) is 30.3 Å². The Kier molecular flexibility index (Phi) is 6.81. The lowest BCUT2D eigenvalue weighted by atomic mass is 10.2. The minimum absolute atomic E-state index is 0.0591. The highest BCUT2D eigenvalue weighted by Gasteiger charge is 2.06. The Hall–Kier alpha value is -0.900. The highest BCUT2D eigenvalue weighted by atomic mass is 16.5. The standard InChI is InChI=1S/C13H21NO2/c1-2-8-14-9-13(10-15)16-11-12-6-4-3-5-7-12/h3-7,13-15H,2,8-11H2,1H3. The van der Waals surface area contributed by atoms with Crippen LogP contribution in [-0.2, 0) is 11.3 Å². The number of rotatable bonds is 8. The number of nitrogens with one attached hydrogen (secondary N) is 1. The van der Waals surface area contributed by atoms with Crippen LogP contribution in [0.25, 0.3) is 0 Å². The van der Waals surface area contributed by atoms with E-state index in [1.807, 2.05) is 30.3 Å². The average Bonchev–Trinajstić information content (AvgIpc) is 2.35. The number of hydrogen-bond donors (Lipinski definition) is 2. The second-order valence-electron chi connectivity index (χ2n) is 3.81. The van der Waals surface area contributed by atoms with Crippen molar-refractivity contribution in [1.29, 1.82) is 0 Å². The fraction of sp³-hybridized carbons (Fsp3) is 0.538. The lowest BCUT2D eigenvalue weighted by molar-refractivity contribution is 0.00363. The van der Waals surface area contributed by atoms with E-state index in [2.05, 4.69) is 12.2 Å². The molecule has 0 bridgehead atoms. The van der Waals surface area contributed by atoms with E-state index in [4.69, 9.17) is 9.84 Å². The fourth-order valence-electron chi connectivity index (χ4n) is 1.40. The molecule has 3 heteroatoms. The van der Waals surface area contributed by atoms with Gasteiger partial charge in [-0.3, -0.25) is 0 Å². The van der Waals surface area contributed by atoms with Gasteiger partial charge in [-0.05, 0) is 18.5 Å². The van der Waals surface area contributed by atoms with Crippen molar-refractivity contribution in [3.63, 3.8) is 0 Å². The van der Waals surface area contributed by atoms with Crippen LogP contribution in [0.1, 0.15) is 18.9 Å². The van der Waals surface area contributed by atoms with E-state index < -0.39 is 0 Å². The third-order valence-corrected chi connectivity index (χ3v) is 2.33. The summed E-state index contributed by atoms with van der Waals surface area (Å²) in [5, 5.41) is 12.4. The van der Waals surface area contributed by atoms with Crippen molar-refractivity contribution in [2.45, 2.75) is 26.1 Å². The van der Waals surface area contributed by atoms with Crippen molar-refractivity contribution in [1.82, 2.24) is 5.32 Å². The Labute approximate surface area is 97.4 Å². The predicted molar refractivity (Wildman–Crippen MR) is 65.3 cm³/mol. The lowest BCUT2D eigenvalue weighted by Crippen LogP contribution is -2.32. The molecule has 0 radical (unpaired) electrons. The van der Waals surface area contributed by atoms with Gasteiger partial charge in [0.1, 0.15) is 0 Å². The summed E-state index contributed by atoms with van der Waals surface area (Å²) >= 11 is 0. The van der Waals surface area contributed by atoms with Crippen molar-refractivity contribution in [2.75, 3.05) is 19.7 Å². The molecule has 0 aliphatic heterocycles. The number of hydrogen-bond acceptors (Lipinski definition) is 3. The zero-order chi connectivity index (χ0) is 11.6. The molecule has 0 saturated heterocycles. The molecule has 0 aliphatic carbocycles. The van der Waals surface area contributed by atoms with Crippen molar-refractivity contribution >= 4 is 0 Å². The molecule has 0 heterocycles. The Morgan fingerprint density at radius 3 is 2.69 bits per heavy atom. The van der Waals surface area contributed by atoms with Gasteiger partial charge in [0.25, 0.3) is 0 Å². The predicted octanol–water partition coefficient (Wildman–Crippen LogP) is 1.56. The summed E-state index contributed by atoms with van der Waals surface area (Å²) in [6, 6.07) is 10.0. The summed E-state index contributed by atoms with van der Waals surface area (Å²) in [6.07, 6.45) is 0.975. The third-order valence-electron chi connectivity index (χ3n) is 2.33. The summed E-state index contributed by atoms with van der Waals surface area (Å²) in [5.41, 5.74) is 1.14. The molecule has 1 atom stereocenters. The van der Waals surface area contributed by atoms with E-state index in [1.54, 1.807) is 0 Å². The first-order chi connectivity index (χ1) is 7.86. The highest BCUT2D eigenvalue weighted by Crippen LogP contribution is 2.02. The van der Waals surface area contributed by atoms with Gasteiger partial charge in [0, 0.05) is 6.54 Å². The maximum absolute atomic E-state index is 9.14. The number of benzene rings is 1. The zero-order valence-electron chi connectivity index (χ0n) is 9.86. The molecule has 1 aromatic carbocycles. The highest BCUT2D eigenvalue weighted by molar-refractivity contribution is 5.13. The lowest BCUT2D eigenvalue weighted by Gasteiger charge is -2.16. The molecule has 3 nitrogen and oxygen atoms in total. The van der Waals surface area contributed by atoms with Crippen LogP contribution in [0, 0.1) is 0 Å². The van der Waals surface area contributed by atoms with Crippen LogP contribution < -0.4 is 5.32 Å². The molecule has 0 aliphatic rings. The van der Waals surface area contributed by atoms with E-state index >= 15 is 0 Å². The molecule has 16 heavy (non-hydrogen) atoms. The molecule has 0 spiro atoms. The van der Waals surface area contributed by atoms with E-state index in [1.165, 1.54) is 0 Å². The molecule has 0 saturated carbocycles. The molecule has 0 amide bonds. The molecule has 2 N–H and O–H groups in total. The SMILES string of the molecule is CCCNCC(CO)OCc1ccccc1. The van der Waals surface area contributed by atoms with Gasteiger partial charge in [0.05, 0.1) is 19.3 Å². The van der Waals surface area contributed by atoms with Gasteiger partial charge in [-0.15, -0.1) is 0 Å². The molecule has 1 rings (SSSR count). The molecule has 0 aromatic heterocycles. The Morgan fingerprint density at radius 1 is 1.31 bits per heavy atom. The first kappa shape index (κ1) is 13.2. The molecule has 0 fully saturated rings. The molecule has 1 aromatic rings. The largest absolute Gasteiger partial charge is 0.394 e. The first-order valence-corrected chi connectivity index (χ1v) is 5.84. The van der Waals surface area contributed by atoms with Gasteiger partial charge in [-0.2, -0.15) is 0 Å². The number of aliphatic hydroxyl groups is 1. The maximum Gasteiger partial charge on any atom is 0.0934 e. The van der Waals surface area contributed by atoms with Crippen LogP contribution in [0.5, 0.6) is 0 Å². The van der Waals surface area contributed by atoms with Crippen LogP contribution >= 0.6 is 0 Å². The van der Waals surface area contributed by atoms with Crippen LogP contribution in [-0.4, -0.2) is 30.9 Å². The second-order valence-corrected chi connectivity index (χ2v) is 3.81. The normalized spacial score (nSPS) is 12.6. The van der Waals surface area contributed by atoms with Gasteiger partial charge in [-0.25, -0.2) is 0 Å². The maximum atomic E-state index is 9.14. The minimum Gasteiger partial charge on any atom is -0.394 e. The quantitative estimate of drug-likeness (QED) is 0.657. The van der Waals surface area contributed by atoms with Gasteiger partial charge in [0.2, 0.25) is 0 Å². The third kappa shape index (κ3) is 5.26. The van der Waals surface area contributed by atoms with Gasteiger partial charge < -0.3 is 15.2 Å². The zero-order valence-corrected chi connectivity index (χ0v) is 9.86. The van der Waals surface area contributed by atoms with E-state index in [0.29, 0.717) is 13.2 Å². The summed E-state index contributed by atoms with van der Waals surface area (Å²) in [5.74, 6) is 0. The van der Waals surface area contributed by atoms with Gasteiger partial charge >= 0.3 is 0 Å². The summed E-state index contributed by atoms with van der Waals surface area (Å²) in [6.45, 7) is 4.40. The average molecular weight is 223 g/mol. The fourth-order valence-corrected chi connectivity index (χ4v) is 1.40. The van der Waals surface area contributed by atoms with Crippen LogP contribution in [0.4, 0.5) is 0 Å². The monoisotopic (exact) mass is 223 g/mol.